The van der Waals surface area contributed by atoms with Gasteiger partial charge in [0.2, 0.25) is 5.28 Å². The van der Waals surface area contributed by atoms with Crippen molar-refractivity contribution in [3.63, 3.8) is 0 Å². The zero-order valence-corrected chi connectivity index (χ0v) is 15.1. The van der Waals surface area contributed by atoms with E-state index >= 15 is 0 Å². The molecule has 0 saturated heterocycles. The van der Waals surface area contributed by atoms with Gasteiger partial charge in [-0.15, -0.1) is 0 Å². The molecule has 0 spiro atoms. The highest BCUT2D eigenvalue weighted by Crippen LogP contribution is 2.19. The Balaban J connectivity index is 2.07. The first-order valence-electron chi connectivity index (χ1n) is 5.99. The van der Waals surface area contributed by atoms with Crippen molar-refractivity contribution in [1.29, 1.82) is 0 Å². The second kappa shape index (κ2) is 6.02. The number of hydrogen-bond acceptors (Lipinski definition) is 4. The molecule has 8 heteroatoms. The fourth-order valence-electron chi connectivity index (χ4n) is 1.52. The van der Waals surface area contributed by atoms with Gasteiger partial charge in [-0.3, -0.25) is 0 Å². The summed E-state index contributed by atoms with van der Waals surface area (Å²) in [5, 5.41) is 5.52. The highest BCUT2D eigenvalue weighted by molar-refractivity contribution is 14.1. The van der Waals surface area contributed by atoms with Gasteiger partial charge in [-0.1, -0.05) is 19.6 Å². The maximum absolute atomic E-state index is 5.82. The third kappa shape index (κ3) is 4.10. The molecule has 0 aromatic carbocycles. The molecule has 0 aliphatic carbocycles. The predicted octanol–water partition coefficient (Wildman–Crippen LogP) is 3.40. The van der Waals surface area contributed by atoms with Crippen molar-refractivity contribution in [1.82, 2.24) is 19.7 Å². The Morgan fingerprint density at radius 2 is 2.16 bits per heavy atom. The van der Waals surface area contributed by atoms with E-state index < -0.39 is 8.07 Å². The van der Waals surface area contributed by atoms with Crippen LogP contribution in [0.15, 0.2) is 6.20 Å². The largest absolute Gasteiger partial charge is 0.359 e. The Morgan fingerprint density at radius 1 is 1.42 bits per heavy atom. The van der Waals surface area contributed by atoms with E-state index in [1.54, 1.807) is 10.9 Å². The molecule has 104 valence electrons. The SMILES string of the molecule is C[Si](C)(C)CCOCn1nc(I)c2cnc(Cl)nc21. The van der Waals surface area contributed by atoms with E-state index in [9.17, 15) is 0 Å². The summed E-state index contributed by atoms with van der Waals surface area (Å²) in [5.41, 5.74) is 0.720. The lowest BCUT2D eigenvalue weighted by molar-refractivity contribution is 0.0810. The molecule has 0 N–H and O–H groups in total. The van der Waals surface area contributed by atoms with Gasteiger partial charge in [0.25, 0.3) is 0 Å². The van der Waals surface area contributed by atoms with Crippen molar-refractivity contribution in [3.8, 4) is 0 Å². The van der Waals surface area contributed by atoms with Crippen LogP contribution in [0.5, 0.6) is 0 Å². The van der Waals surface area contributed by atoms with Crippen LogP contribution >= 0.6 is 34.2 Å². The van der Waals surface area contributed by atoms with E-state index in [1.165, 1.54) is 0 Å². The molecule has 0 aliphatic heterocycles. The minimum Gasteiger partial charge on any atom is -0.359 e. The van der Waals surface area contributed by atoms with Gasteiger partial charge in [0.05, 0.1) is 5.39 Å². The molecule has 0 saturated carbocycles. The number of hydrogen-bond donors (Lipinski definition) is 0. The van der Waals surface area contributed by atoms with Gasteiger partial charge < -0.3 is 4.74 Å². The van der Waals surface area contributed by atoms with Gasteiger partial charge >= 0.3 is 0 Å². The highest BCUT2D eigenvalue weighted by Gasteiger charge is 2.14. The zero-order valence-electron chi connectivity index (χ0n) is 11.2. The average Bonchev–Trinajstić information content (AvgIpc) is 2.60. The first-order chi connectivity index (χ1) is 8.87. The van der Waals surface area contributed by atoms with E-state index in [1.807, 2.05) is 0 Å². The van der Waals surface area contributed by atoms with Crippen LogP contribution < -0.4 is 0 Å². The number of halogens is 2. The summed E-state index contributed by atoms with van der Waals surface area (Å²) in [6, 6.07) is 1.14. The Labute approximate surface area is 131 Å². The van der Waals surface area contributed by atoms with Crippen LogP contribution in [0, 0.1) is 3.70 Å². The lowest BCUT2D eigenvalue weighted by Crippen LogP contribution is -2.22. The monoisotopic (exact) mass is 410 g/mol. The van der Waals surface area contributed by atoms with Gasteiger partial charge in [0, 0.05) is 20.9 Å². The molecule has 0 bridgehead atoms. The average molecular weight is 411 g/mol. The van der Waals surface area contributed by atoms with Crippen LogP contribution in [0.4, 0.5) is 0 Å². The second-order valence-corrected chi connectivity index (χ2v) is 12.5. The van der Waals surface area contributed by atoms with E-state index in [2.05, 4.69) is 57.3 Å². The lowest BCUT2D eigenvalue weighted by atomic mass is 10.4. The molecule has 0 aliphatic rings. The first kappa shape index (κ1) is 15.1. The fourth-order valence-corrected chi connectivity index (χ4v) is 3.05. The number of rotatable bonds is 5. The molecule has 0 fully saturated rings. The minimum absolute atomic E-state index is 0.229. The Morgan fingerprint density at radius 3 is 2.84 bits per heavy atom. The molecule has 2 aromatic rings. The standard InChI is InChI=1S/C11H16ClIN4OSi/c1-19(2,3)5-4-18-7-17-10-8(9(13)16-17)6-14-11(12)15-10/h6H,4-5,7H2,1-3H3. The van der Waals surface area contributed by atoms with Crippen LogP contribution in [0.2, 0.25) is 31.0 Å². The Kier molecular flexibility index (Phi) is 4.80. The third-order valence-corrected chi connectivity index (χ3v) is 5.31. The summed E-state index contributed by atoms with van der Waals surface area (Å²) in [6.45, 7) is 8.14. The molecule has 0 unspecified atom stereocenters. The molecule has 2 rings (SSSR count). The fraction of sp³-hybridized carbons (Fsp3) is 0.545. The molecule has 5 nitrogen and oxygen atoms in total. The van der Waals surface area contributed by atoms with Gasteiger partial charge in [-0.2, -0.15) is 10.1 Å². The molecule has 19 heavy (non-hydrogen) atoms. The van der Waals surface area contributed by atoms with Crippen molar-refractivity contribution < 1.29 is 4.74 Å². The summed E-state index contributed by atoms with van der Waals surface area (Å²) in [5.74, 6) is 0. The Bertz CT molecular complexity index is 584. The summed E-state index contributed by atoms with van der Waals surface area (Å²) in [6.07, 6.45) is 1.69. The summed E-state index contributed by atoms with van der Waals surface area (Å²) >= 11 is 7.98. The molecule has 0 radical (unpaired) electrons. The first-order valence-corrected chi connectivity index (χ1v) is 11.2. The highest BCUT2D eigenvalue weighted by atomic mass is 127. The van der Waals surface area contributed by atoms with Gasteiger partial charge in [-0.05, 0) is 40.2 Å². The molecule has 0 atom stereocenters. The zero-order chi connectivity index (χ0) is 14.0. The van der Waals surface area contributed by atoms with E-state index in [0.29, 0.717) is 6.73 Å². The quantitative estimate of drug-likeness (QED) is 0.328. The van der Waals surface area contributed by atoms with Crippen molar-refractivity contribution in [3.05, 3.63) is 15.2 Å². The van der Waals surface area contributed by atoms with Crippen molar-refractivity contribution in [2.45, 2.75) is 32.4 Å². The smallest absolute Gasteiger partial charge is 0.224 e. The lowest BCUT2D eigenvalue weighted by Gasteiger charge is -2.15. The summed E-state index contributed by atoms with van der Waals surface area (Å²) < 4.78 is 8.28. The van der Waals surface area contributed by atoms with Crippen LogP contribution in [0.1, 0.15) is 0 Å². The van der Waals surface area contributed by atoms with Gasteiger partial charge in [0.1, 0.15) is 10.4 Å². The minimum atomic E-state index is -1.06. The van der Waals surface area contributed by atoms with Crippen molar-refractivity contribution >= 4 is 53.3 Å². The molecule has 0 amide bonds. The number of fused-ring (bicyclic) bond motifs is 1. The maximum atomic E-state index is 5.82. The number of nitrogens with zero attached hydrogens (tertiary/aromatic N) is 4. The molecular formula is C11H16ClIN4OSi. The molecular weight excluding hydrogens is 395 g/mol. The maximum Gasteiger partial charge on any atom is 0.224 e. The van der Waals surface area contributed by atoms with Crippen LogP contribution in [0.25, 0.3) is 11.0 Å². The third-order valence-electron chi connectivity index (χ3n) is 2.62. The summed E-state index contributed by atoms with van der Waals surface area (Å²) in [7, 11) is -1.06. The molecule has 2 aromatic heterocycles. The number of aromatic nitrogens is 4. The van der Waals surface area contributed by atoms with Gasteiger partial charge in [0.15, 0.2) is 5.65 Å². The van der Waals surface area contributed by atoms with E-state index in [4.69, 9.17) is 16.3 Å². The van der Waals surface area contributed by atoms with E-state index in [-0.39, 0.29) is 5.28 Å². The van der Waals surface area contributed by atoms with Crippen LogP contribution in [-0.4, -0.2) is 34.4 Å². The van der Waals surface area contributed by atoms with E-state index in [0.717, 1.165) is 27.4 Å². The van der Waals surface area contributed by atoms with Crippen molar-refractivity contribution in [2.75, 3.05) is 6.61 Å². The second-order valence-electron chi connectivity index (χ2n) is 5.51. The Hall–Kier alpha value is -0.253. The topological polar surface area (TPSA) is 52.8 Å². The number of ether oxygens (including phenoxy) is 1. The van der Waals surface area contributed by atoms with Crippen molar-refractivity contribution in [2.24, 2.45) is 0 Å². The normalized spacial score (nSPS) is 12.3. The molecule has 2 heterocycles. The summed E-state index contributed by atoms with van der Waals surface area (Å²) in [4.78, 5) is 8.17. The van der Waals surface area contributed by atoms with Crippen LogP contribution in [-0.2, 0) is 11.5 Å². The van der Waals surface area contributed by atoms with Gasteiger partial charge in [-0.25, -0.2) is 9.67 Å². The predicted molar refractivity (Wildman–Crippen MR) is 87.2 cm³/mol. The van der Waals surface area contributed by atoms with Crippen LogP contribution in [0.3, 0.4) is 0 Å².